The van der Waals surface area contributed by atoms with E-state index in [4.69, 9.17) is 5.11 Å². The molecule has 0 aliphatic heterocycles. The summed E-state index contributed by atoms with van der Waals surface area (Å²) in [4.78, 5) is 14.0. The van der Waals surface area contributed by atoms with E-state index < -0.39 is 0 Å². The van der Waals surface area contributed by atoms with Crippen LogP contribution in [0.3, 0.4) is 0 Å². The van der Waals surface area contributed by atoms with Crippen molar-refractivity contribution in [2.24, 2.45) is 0 Å². The van der Waals surface area contributed by atoms with Crippen LogP contribution in [0.25, 0.3) is 0 Å². The topological polar surface area (TPSA) is 40.5 Å². The highest BCUT2D eigenvalue weighted by Crippen LogP contribution is 2.15. The highest BCUT2D eigenvalue weighted by Gasteiger charge is 2.10. The lowest BCUT2D eigenvalue weighted by Crippen LogP contribution is -2.28. The van der Waals surface area contributed by atoms with Crippen molar-refractivity contribution >= 4 is 17.7 Å². The van der Waals surface area contributed by atoms with Gasteiger partial charge in [0.25, 0.3) is 0 Å². The number of aryl methyl sites for hydroxylation is 1. The zero-order valence-corrected chi connectivity index (χ0v) is 14.5. The monoisotopic (exact) mass is 329 g/mol. The average Bonchev–Trinajstić information content (AvgIpc) is 2.57. The maximum absolute atomic E-state index is 12.2. The molecule has 122 valence electrons. The summed E-state index contributed by atoms with van der Waals surface area (Å²) in [5.74, 6) is 1.42. The maximum atomic E-state index is 12.2. The number of carbonyl (C=O) groups excluding carboxylic acids is 1. The van der Waals surface area contributed by atoms with Crippen LogP contribution in [-0.4, -0.2) is 28.7 Å². The van der Waals surface area contributed by atoms with Crippen molar-refractivity contribution in [3.8, 4) is 0 Å². The molecule has 0 aromatic heterocycles. The van der Waals surface area contributed by atoms with Crippen molar-refractivity contribution in [3.05, 3.63) is 70.8 Å². The Morgan fingerprint density at radius 1 is 1.09 bits per heavy atom. The smallest absolute Gasteiger partial charge is 0.232 e. The van der Waals surface area contributed by atoms with Crippen molar-refractivity contribution in [1.29, 1.82) is 0 Å². The Bertz CT molecular complexity index is 640. The molecule has 1 amide bonds. The van der Waals surface area contributed by atoms with E-state index >= 15 is 0 Å². The van der Waals surface area contributed by atoms with Gasteiger partial charge in [0.2, 0.25) is 5.91 Å². The second-order valence-corrected chi connectivity index (χ2v) is 6.63. The third kappa shape index (κ3) is 5.41. The third-order valence-electron chi connectivity index (χ3n) is 3.79. The van der Waals surface area contributed by atoms with Gasteiger partial charge in [-0.25, -0.2) is 0 Å². The van der Waals surface area contributed by atoms with E-state index in [-0.39, 0.29) is 12.5 Å². The Morgan fingerprint density at radius 3 is 2.39 bits per heavy atom. The zero-order chi connectivity index (χ0) is 16.7. The van der Waals surface area contributed by atoms with Crippen LogP contribution in [-0.2, 0) is 23.7 Å². The molecule has 4 heteroatoms. The zero-order valence-electron chi connectivity index (χ0n) is 13.7. The van der Waals surface area contributed by atoms with Crippen molar-refractivity contribution in [3.63, 3.8) is 0 Å². The fourth-order valence-corrected chi connectivity index (χ4v) is 3.16. The predicted molar refractivity (Wildman–Crippen MR) is 96.2 cm³/mol. The molecule has 0 saturated carbocycles. The minimum Gasteiger partial charge on any atom is -0.392 e. The summed E-state index contributed by atoms with van der Waals surface area (Å²) >= 11 is 1.62. The molecule has 0 spiro atoms. The normalized spacial score (nSPS) is 10.6. The van der Waals surface area contributed by atoms with Gasteiger partial charge in [0.05, 0.1) is 12.4 Å². The van der Waals surface area contributed by atoms with Crippen molar-refractivity contribution in [2.45, 2.75) is 25.8 Å². The Morgan fingerprint density at radius 2 is 1.74 bits per heavy atom. The molecule has 0 saturated heterocycles. The minimum absolute atomic E-state index is 0.0651. The second kappa shape index (κ2) is 8.75. The van der Waals surface area contributed by atoms with E-state index in [1.807, 2.05) is 43.4 Å². The summed E-state index contributed by atoms with van der Waals surface area (Å²) in [7, 11) is 1.85. The molecule has 0 unspecified atom stereocenters. The van der Waals surface area contributed by atoms with Crippen LogP contribution in [0.4, 0.5) is 0 Å². The molecule has 23 heavy (non-hydrogen) atoms. The standard InChI is InChI=1S/C19H23NO2S/c1-15-5-3-4-6-18(15)11-20(2)19(22)14-23-13-17-9-7-16(12-21)8-10-17/h3-10,21H,11-14H2,1-2H3. The highest BCUT2D eigenvalue weighted by molar-refractivity contribution is 7.99. The van der Waals surface area contributed by atoms with Gasteiger partial charge in [-0.1, -0.05) is 48.5 Å². The molecule has 1 N–H and O–H groups in total. The van der Waals surface area contributed by atoms with Crippen LogP contribution >= 0.6 is 11.8 Å². The summed E-state index contributed by atoms with van der Waals surface area (Å²) < 4.78 is 0. The fourth-order valence-electron chi connectivity index (χ4n) is 2.24. The van der Waals surface area contributed by atoms with E-state index in [0.717, 1.165) is 11.3 Å². The molecule has 0 heterocycles. The average molecular weight is 329 g/mol. The van der Waals surface area contributed by atoms with Gasteiger partial charge < -0.3 is 10.0 Å². The number of rotatable bonds is 7. The number of hydrogen-bond donors (Lipinski definition) is 1. The molecule has 0 radical (unpaired) electrons. The molecule has 2 aromatic carbocycles. The Labute approximate surface area is 142 Å². The summed E-state index contributed by atoms with van der Waals surface area (Å²) in [5, 5.41) is 9.02. The summed E-state index contributed by atoms with van der Waals surface area (Å²) in [6, 6.07) is 16.0. The van der Waals surface area contributed by atoms with Crippen molar-refractivity contribution in [2.75, 3.05) is 12.8 Å². The summed E-state index contributed by atoms with van der Waals surface area (Å²) in [6.07, 6.45) is 0. The number of nitrogens with zero attached hydrogens (tertiary/aromatic N) is 1. The molecular formula is C19H23NO2S. The van der Waals surface area contributed by atoms with Gasteiger partial charge in [-0.05, 0) is 29.2 Å². The number of aliphatic hydroxyl groups is 1. The lowest BCUT2D eigenvalue weighted by atomic mass is 10.1. The molecule has 0 aliphatic rings. The molecule has 2 aromatic rings. The molecule has 0 bridgehead atoms. The van der Waals surface area contributed by atoms with Gasteiger partial charge in [-0.2, -0.15) is 0 Å². The van der Waals surface area contributed by atoms with E-state index in [0.29, 0.717) is 12.3 Å². The van der Waals surface area contributed by atoms with Gasteiger partial charge in [-0.15, -0.1) is 11.8 Å². The van der Waals surface area contributed by atoms with Gasteiger partial charge in [-0.3, -0.25) is 4.79 Å². The number of thioether (sulfide) groups is 1. The van der Waals surface area contributed by atoms with Crippen molar-refractivity contribution in [1.82, 2.24) is 4.90 Å². The molecule has 3 nitrogen and oxygen atoms in total. The number of hydrogen-bond acceptors (Lipinski definition) is 3. The third-order valence-corrected chi connectivity index (χ3v) is 4.78. The van der Waals surface area contributed by atoms with E-state index in [9.17, 15) is 4.79 Å². The van der Waals surface area contributed by atoms with E-state index in [1.165, 1.54) is 16.7 Å². The quantitative estimate of drug-likeness (QED) is 0.846. The molecule has 0 atom stereocenters. The summed E-state index contributed by atoms with van der Waals surface area (Å²) in [5.41, 5.74) is 4.48. The molecular weight excluding hydrogens is 306 g/mol. The molecule has 0 fully saturated rings. The van der Waals surface area contributed by atoms with Crippen LogP contribution < -0.4 is 0 Å². The largest absolute Gasteiger partial charge is 0.392 e. The van der Waals surface area contributed by atoms with Crippen LogP contribution in [0.1, 0.15) is 22.3 Å². The van der Waals surface area contributed by atoms with Crippen LogP contribution in [0.2, 0.25) is 0 Å². The predicted octanol–water partition coefficient (Wildman–Crippen LogP) is 3.38. The van der Waals surface area contributed by atoms with Gasteiger partial charge in [0, 0.05) is 19.3 Å². The molecule has 2 rings (SSSR count). The maximum Gasteiger partial charge on any atom is 0.232 e. The van der Waals surface area contributed by atoms with Crippen molar-refractivity contribution < 1.29 is 9.90 Å². The first-order chi connectivity index (χ1) is 11.1. The van der Waals surface area contributed by atoms with Crippen LogP contribution in [0.15, 0.2) is 48.5 Å². The number of benzene rings is 2. The minimum atomic E-state index is 0.0651. The SMILES string of the molecule is Cc1ccccc1CN(C)C(=O)CSCc1ccc(CO)cc1. The highest BCUT2D eigenvalue weighted by atomic mass is 32.2. The second-order valence-electron chi connectivity index (χ2n) is 5.64. The lowest BCUT2D eigenvalue weighted by molar-refractivity contribution is -0.127. The number of carbonyl (C=O) groups is 1. The number of amides is 1. The van der Waals surface area contributed by atoms with Gasteiger partial charge in [0.1, 0.15) is 0 Å². The summed E-state index contributed by atoms with van der Waals surface area (Å²) in [6.45, 7) is 2.78. The van der Waals surface area contributed by atoms with E-state index in [2.05, 4.69) is 19.1 Å². The lowest BCUT2D eigenvalue weighted by Gasteiger charge is -2.18. The van der Waals surface area contributed by atoms with Crippen LogP contribution in [0.5, 0.6) is 0 Å². The van der Waals surface area contributed by atoms with Gasteiger partial charge >= 0.3 is 0 Å². The Hall–Kier alpha value is -1.78. The Balaban J connectivity index is 1.78. The van der Waals surface area contributed by atoms with Gasteiger partial charge in [0.15, 0.2) is 0 Å². The fraction of sp³-hybridized carbons (Fsp3) is 0.316. The first kappa shape index (κ1) is 17.6. The molecule has 0 aliphatic carbocycles. The first-order valence-corrected chi connectivity index (χ1v) is 8.80. The van der Waals surface area contributed by atoms with E-state index in [1.54, 1.807) is 16.7 Å². The Kier molecular flexibility index (Phi) is 6.68. The number of aliphatic hydroxyl groups excluding tert-OH is 1. The van der Waals surface area contributed by atoms with Crippen LogP contribution in [0, 0.1) is 6.92 Å². The first-order valence-electron chi connectivity index (χ1n) is 7.65.